The number of ketones is 1. The van der Waals surface area contributed by atoms with E-state index in [2.05, 4.69) is 29.9 Å². The molecule has 2 aromatic heterocycles. The van der Waals surface area contributed by atoms with Crippen LogP contribution in [0.2, 0.25) is 0 Å². The van der Waals surface area contributed by atoms with E-state index in [1.807, 2.05) is 50.4 Å². The normalized spacial score (nSPS) is 10.4. The standard InChI is InChI=1S/C20H20N2O.C2H6/c1-14(2)20-16(13-22-19-8-4-3-7-18(19)20)11-17(23)10-15-6-5-9-21-12-15;1-2/h3-9,12-14H,10-11H2,1-2H3;1-2H3. The molecular weight excluding hydrogens is 308 g/mol. The second-order valence-electron chi connectivity index (χ2n) is 6.12. The fourth-order valence-electron chi connectivity index (χ4n) is 3.03. The van der Waals surface area contributed by atoms with Crippen molar-refractivity contribution in [3.8, 4) is 0 Å². The molecule has 3 nitrogen and oxygen atoms in total. The van der Waals surface area contributed by atoms with Crippen molar-refractivity contribution in [2.45, 2.75) is 46.5 Å². The lowest BCUT2D eigenvalue weighted by Gasteiger charge is -2.15. The van der Waals surface area contributed by atoms with Crippen molar-refractivity contribution in [2.75, 3.05) is 0 Å². The molecule has 0 saturated heterocycles. The van der Waals surface area contributed by atoms with Gasteiger partial charge >= 0.3 is 0 Å². The molecule has 0 aliphatic rings. The molecule has 0 aliphatic heterocycles. The third-order valence-electron chi connectivity index (χ3n) is 3.99. The van der Waals surface area contributed by atoms with Gasteiger partial charge in [-0.15, -0.1) is 0 Å². The molecule has 1 aromatic carbocycles. The summed E-state index contributed by atoms with van der Waals surface area (Å²) < 4.78 is 0. The van der Waals surface area contributed by atoms with Crippen molar-refractivity contribution >= 4 is 16.7 Å². The van der Waals surface area contributed by atoms with Gasteiger partial charge in [-0.05, 0) is 34.7 Å². The van der Waals surface area contributed by atoms with Crippen molar-refractivity contribution < 1.29 is 4.79 Å². The van der Waals surface area contributed by atoms with Crippen LogP contribution in [-0.2, 0) is 17.6 Å². The monoisotopic (exact) mass is 334 g/mol. The third kappa shape index (κ3) is 4.72. The number of aromatic nitrogens is 2. The predicted molar refractivity (Wildman–Crippen MR) is 104 cm³/mol. The largest absolute Gasteiger partial charge is 0.299 e. The van der Waals surface area contributed by atoms with Crippen LogP contribution in [0.25, 0.3) is 10.9 Å². The molecule has 0 spiro atoms. The first-order valence-corrected chi connectivity index (χ1v) is 8.92. The molecule has 0 fully saturated rings. The Morgan fingerprint density at radius 1 is 1.00 bits per heavy atom. The van der Waals surface area contributed by atoms with Gasteiger partial charge < -0.3 is 0 Å². The van der Waals surface area contributed by atoms with Gasteiger partial charge in [0.05, 0.1) is 5.52 Å². The van der Waals surface area contributed by atoms with Gasteiger partial charge in [-0.3, -0.25) is 14.8 Å². The fourth-order valence-corrected chi connectivity index (χ4v) is 3.03. The van der Waals surface area contributed by atoms with Crippen LogP contribution in [-0.4, -0.2) is 15.8 Å². The highest BCUT2D eigenvalue weighted by Gasteiger charge is 2.15. The van der Waals surface area contributed by atoms with E-state index in [4.69, 9.17) is 0 Å². The van der Waals surface area contributed by atoms with Gasteiger partial charge in [0.15, 0.2) is 0 Å². The SMILES string of the molecule is CC.CC(C)c1c(CC(=O)Cc2cccnc2)cnc2ccccc12. The number of benzene rings is 1. The average Bonchev–Trinajstić information content (AvgIpc) is 2.63. The third-order valence-corrected chi connectivity index (χ3v) is 3.99. The highest BCUT2D eigenvalue weighted by molar-refractivity contribution is 5.87. The van der Waals surface area contributed by atoms with Crippen molar-refractivity contribution in [1.29, 1.82) is 0 Å². The highest BCUT2D eigenvalue weighted by atomic mass is 16.1. The number of para-hydroxylation sites is 1. The van der Waals surface area contributed by atoms with E-state index in [9.17, 15) is 4.79 Å². The molecule has 0 N–H and O–H groups in total. The summed E-state index contributed by atoms with van der Waals surface area (Å²) in [7, 11) is 0. The summed E-state index contributed by atoms with van der Waals surface area (Å²) in [5.74, 6) is 0.543. The summed E-state index contributed by atoms with van der Waals surface area (Å²) in [5.41, 5.74) is 4.21. The lowest BCUT2D eigenvalue weighted by atomic mass is 9.91. The van der Waals surface area contributed by atoms with E-state index in [-0.39, 0.29) is 5.78 Å². The van der Waals surface area contributed by atoms with Crippen molar-refractivity contribution in [3.05, 3.63) is 71.7 Å². The molecule has 2 heterocycles. The molecule has 3 heteroatoms. The number of pyridine rings is 2. The molecule has 0 radical (unpaired) electrons. The number of carbonyl (C=O) groups is 1. The number of rotatable bonds is 5. The zero-order valence-electron chi connectivity index (χ0n) is 15.5. The van der Waals surface area contributed by atoms with E-state index in [0.717, 1.165) is 22.0 Å². The fraction of sp³-hybridized carbons (Fsp3) is 0.318. The lowest BCUT2D eigenvalue weighted by Crippen LogP contribution is -2.10. The van der Waals surface area contributed by atoms with Crippen molar-refractivity contribution in [2.24, 2.45) is 0 Å². The summed E-state index contributed by atoms with van der Waals surface area (Å²) in [5, 5.41) is 1.15. The topological polar surface area (TPSA) is 42.9 Å². The maximum atomic E-state index is 12.4. The molecule has 3 rings (SSSR count). The van der Waals surface area contributed by atoms with Gasteiger partial charge in [0, 0.05) is 36.8 Å². The number of nitrogens with zero attached hydrogens (tertiary/aromatic N) is 2. The Morgan fingerprint density at radius 2 is 1.76 bits per heavy atom. The Balaban J connectivity index is 0.00000109. The van der Waals surface area contributed by atoms with Crippen LogP contribution in [0.15, 0.2) is 55.0 Å². The van der Waals surface area contributed by atoms with Crippen LogP contribution in [0.1, 0.15) is 50.3 Å². The summed E-state index contributed by atoms with van der Waals surface area (Å²) in [6.45, 7) is 8.33. The lowest BCUT2D eigenvalue weighted by molar-refractivity contribution is -0.117. The van der Waals surface area contributed by atoms with Gasteiger partial charge in [-0.2, -0.15) is 0 Å². The van der Waals surface area contributed by atoms with Gasteiger partial charge in [0.25, 0.3) is 0 Å². The molecule has 0 aliphatic carbocycles. The second kappa shape index (κ2) is 9.07. The quantitative estimate of drug-likeness (QED) is 0.649. The van der Waals surface area contributed by atoms with Crippen LogP contribution in [0, 0.1) is 0 Å². The second-order valence-corrected chi connectivity index (χ2v) is 6.12. The number of carbonyl (C=O) groups excluding carboxylic acids is 1. The van der Waals surface area contributed by atoms with E-state index in [0.29, 0.717) is 18.8 Å². The first-order chi connectivity index (χ1) is 12.1. The van der Waals surface area contributed by atoms with Crippen LogP contribution >= 0.6 is 0 Å². The zero-order valence-corrected chi connectivity index (χ0v) is 15.5. The summed E-state index contributed by atoms with van der Waals surface area (Å²) in [4.78, 5) is 21.0. The summed E-state index contributed by atoms with van der Waals surface area (Å²) in [6, 6.07) is 11.9. The number of Topliss-reactive ketones (excluding diaryl/α,β-unsaturated/α-hetero) is 1. The minimum Gasteiger partial charge on any atom is -0.299 e. The van der Waals surface area contributed by atoms with E-state index in [1.165, 1.54) is 5.56 Å². The molecule has 25 heavy (non-hydrogen) atoms. The smallest absolute Gasteiger partial charge is 0.141 e. The van der Waals surface area contributed by atoms with Crippen molar-refractivity contribution in [3.63, 3.8) is 0 Å². The predicted octanol–water partition coefficient (Wildman–Crippen LogP) is 5.13. The number of hydrogen-bond acceptors (Lipinski definition) is 3. The minimum absolute atomic E-state index is 0.192. The Bertz CT molecular complexity index is 826. The summed E-state index contributed by atoms with van der Waals surface area (Å²) in [6.07, 6.45) is 6.16. The van der Waals surface area contributed by atoms with E-state index >= 15 is 0 Å². The Labute approximate surface area is 150 Å². The molecule has 0 atom stereocenters. The van der Waals surface area contributed by atoms with E-state index in [1.54, 1.807) is 12.4 Å². The van der Waals surface area contributed by atoms with Gasteiger partial charge in [0.1, 0.15) is 5.78 Å². The Hall–Kier alpha value is -2.55. The molecule has 0 unspecified atom stereocenters. The maximum Gasteiger partial charge on any atom is 0.141 e. The highest BCUT2D eigenvalue weighted by Crippen LogP contribution is 2.28. The Kier molecular flexibility index (Phi) is 6.81. The average molecular weight is 334 g/mol. The first kappa shape index (κ1) is 18.8. The molecule has 130 valence electrons. The van der Waals surface area contributed by atoms with Gasteiger partial charge in [-0.1, -0.05) is 52.0 Å². The zero-order chi connectivity index (χ0) is 18.2. The molecule has 3 aromatic rings. The summed E-state index contributed by atoms with van der Waals surface area (Å²) >= 11 is 0. The Morgan fingerprint density at radius 3 is 2.44 bits per heavy atom. The molecule has 0 bridgehead atoms. The molecule has 0 amide bonds. The van der Waals surface area contributed by atoms with Gasteiger partial charge in [-0.25, -0.2) is 0 Å². The van der Waals surface area contributed by atoms with Crippen molar-refractivity contribution in [1.82, 2.24) is 9.97 Å². The molecular formula is C22H26N2O. The minimum atomic E-state index is 0.192. The van der Waals surface area contributed by atoms with Crippen LogP contribution in [0.3, 0.4) is 0 Å². The maximum absolute atomic E-state index is 12.4. The van der Waals surface area contributed by atoms with E-state index < -0.39 is 0 Å². The van der Waals surface area contributed by atoms with Crippen LogP contribution in [0.4, 0.5) is 0 Å². The molecule has 0 saturated carbocycles. The first-order valence-electron chi connectivity index (χ1n) is 8.92. The van der Waals surface area contributed by atoms with Gasteiger partial charge in [0.2, 0.25) is 0 Å². The van der Waals surface area contributed by atoms with Crippen LogP contribution in [0.5, 0.6) is 0 Å². The number of fused-ring (bicyclic) bond motifs is 1. The number of hydrogen-bond donors (Lipinski definition) is 0. The van der Waals surface area contributed by atoms with Crippen LogP contribution < -0.4 is 0 Å².